The summed E-state index contributed by atoms with van der Waals surface area (Å²) in [6.45, 7) is 3.65. The number of rotatable bonds is 3. The fourth-order valence-electron chi connectivity index (χ4n) is 2.82. The molecular weight excluding hydrogens is 578 g/mol. The van der Waals surface area contributed by atoms with Crippen LogP contribution in [0.2, 0.25) is 5.02 Å². The first-order valence-corrected chi connectivity index (χ1v) is 9.68. The number of amidine groups is 1. The monoisotopic (exact) mass is 607 g/mol. The van der Waals surface area contributed by atoms with Crippen molar-refractivity contribution >= 4 is 41.5 Å². The summed E-state index contributed by atoms with van der Waals surface area (Å²) in [7, 11) is 3.96. The minimum Gasteiger partial charge on any atom is -0.482 e. The van der Waals surface area contributed by atoms with E-state index in [2.05, 4.69) is 29.5 Å². The van der Waals surface area contributed by atoms with Crippen LogP contribution in [0.5, 0.6) is 0 Å². The first-order valence-electron chi connectivity index (χ1n) is 9.30. The van der Waals surface area contributed by atoms with Crippen molar-refractivity contribution in [1.29, 1.82) is 5.41 Å². The molecule has 0 saturated carbocycles. The summed E-state index contributed by atoms with van der Waals surface area (Å²) in [6, 6.07) is 13.9. The Bertz CT molecular complexity index is 815. The number of hydrogen-bond donors (Lipinski definition) is 2. The van der Waals surface area contributed by atoms with E-state index in [1.807, 2.05) is 49.5 Å². The molecular formula is C22H28ClN4O2Os. The van der Waals surface area contributed by atoms with Gasteiger partial charge >= 0.3 is 19.8 Å². The quantitative estimate of drug-likeness (QED) is 0.296. The molecule has 2 aromatic carbocycles. The Hall–Kier alpha value is -2.22. The molecule has 163 valence electrons. The number of aldehydes is 1. The van der Waals surface area contributed by atoms with Crippen LogP contribution in [0, 0.1) is 5.41 Å². The van der Waals surface area contributed by atoms with Gasteiger partial charge in [0.2, 0.25) is 0 Å². The van der Waals surface area contributed by atoms with Gasteiger partial charge < -0.3 is 30.5 Å². The minimum absolute atomic E-state index is 0. The number of hydrogen-bond acceptors (Lipinski definition) is 5. The van der Waals surface area contributed by atoms with E-state index in [1.165, 1.54) is 18.2 Å². The molecule has 1 radical (unpaired) electrons. The average Bonchev–Trinajstić information content (AvgIpc) is 2.72. The van der Waals surface area contributed by atoms with Gasteiger partial charge in [-0.3, -0.25) is 0 Å². The average molecular weight is 606 g/mol. The van der Waals surface area contributed by atoms with Gasteiger partial charge in [0.15, 0.2) is 0 Å². The van der Waals surface area contributed by atoms with Crippen LogP contribution in [0.3, 0.4) is 0 Å². The van der Waals surface area contributed by atoms with Gasteiger partial charge in [0.1, 0.15) is 12.7 Å². The molecule has 1 heterocycles. The van der Waals surface area contributed by atoms with E-state index in [4.69, 9.17) is 21.8 Å². The van der Waals surface area contributed by atoms with Crippen LogP contribution in [-0.2, 0) is 35.8 Å². The minimum atomic E-state index is 0. The Morgan fingerprint density at radius 1 is 1.23 bits per heavy atom. The van der Waals surface area contributed by atoms with Crippen LogP contribution >= 0.6 is 11.6 Å². The number of fused-ring (bicyclic) bond motifs is 1. The maximum Gasteiger partial charge on any atom is 1.00 e. The van der Waals surface area contributed by atoms with Crippen LogP contribution in [0.25, 0.3) is 5.32 Å². The Labute approximate surface area is 196 Å². The largest absolute Gasteiger partial charge is 1.00 e. The van der Waals surface area contributed by atoms with Crippen LogP contribution in [0.1, 0.15) is 31.4 Å². The number of carbonyl (C=O) groups is 2. The zero-order valence-electron chi connectivity index (χ0n) is 17.6. The van der Waals surface area contributed by atoms with E-state index in [-0.39, 0.29) is 25.6 Å². The van der Waals surface area contributed by atoms with E-state index in [1.54, 1.807) is 0 Å². The van der Waals surface area contributed by atoms with Gasteiger partial charge in [-0.2, -0.15) is 0 Å². The fourth-order valence-corrected chi connectivity index (χ4v) is 2.94. The van der Waals surface area contributed by atoms with Crippen LogP contribution < -0.4 is 10.2 Å². The summed E-state index contributed by atoms with van der Waals surface area (Å²) < 4.78 is 0. The van der Waals surface area contributed by atoms with Crippen LogP contribution in [0.15, 0.2) is 42.5 Å². The summed E-state index contributed by atoms with van der Waals surface area (Å²) in [5.74, 6) is 0.0316. The fraction of sp³-hybridized carbons (Fsp3) is 0.318. The molecule has 0 fully saturated rings. The zero-order chi connectivity index (χ0) is 21.8. The number of aryl methyl sites for hydroxylation is 1. The van der Waals surface area contributed by atoms with Gasteiger partial charge in [-0.25, -0.2) is 0 Å². The molecule has 6 nitrogen and oxygen atoms in total. The second-order valence-corrected chi connectivity index (χ2v) is 6.85. The SMILES string of the molecule is CC1CCc2cc(C(=N)[N-]C=O)ccc2N1C.CC=O.CNc1ccc(Cl)cc1.[Os+]. The summed E-state index contributed by atoms with van der Waals surface area (Å²) in [5.41, 5.74) is 4.23. The number of benzene rings is 2. The van der Waals surface area contributed by atoms with Crippen molar-refractivity contribution in [3.05, 3.63) is 63.9 Å². The van der Waals surface area contributed by atoms with Crippen molar-refractivity contribution in [3.63, 3.8) is 0 Å². The summed E-state index contributed by atoms with van der Waals surface area (Å²) >= 11 is 5.64. The van der Waals surface area contributed by atoms with Gasteiger partial charge in [0.25, 0.3) is 0 Å². The number of halogens is 1. The topological polar surface area (TPSA) is 87.4 Å². The smallest absolute Gasteiger partial charge is 0.482 e. The van der Waals surface area contributed by atoms with Crippen molar-refractivity contribution in [1.82, 2.24) is 0 Å². The summed E-state index contributed by atoms with van der Waals surface area (Å²) in [4.78, 5) is 21.3. The normalized spacial score (nSPS) is 13.6. The van der Waals surface area contributed by atoms with Crippen molar-refractivity contribution in [2.24, 2.45) is 0 Å². The van der Waals surface area contributed by atoms with Gasteiger partial charge in [-0.05, 0) is 74.2 Å². The standard InChI is InChI=1S/C13H17N3O.C7H8ClN.C2H4O.Os/c1-9-3-4-10-7-11(13(14)15-8-17)5-6-12(10)16(9)2;1-9-7-4-2-6(8)3-5-7;1-2-3;/h5-9H,3-4H2,1-2H3,(H2,14,15,17);2-5,9H,1H3;2H,1H3;/q;;;+1/p-1. The second-order valence-electron chi connectivity index (χ2n) is 6.42. The number of nitrogens with zero attached hydrogens (tertiary/aromatic N) is 2. The molecule has 1 unspecified atom stereocenters. The van der Waals surface area contributed by atoms with E-state index in [9.17, 15) is 4.79 Å². The Balaban J connectivity index is 0.000000547. The predicted octanol–water partition coefficient (Wildman–Crippen LogP) is 4.90. The molecule has 1 amide bonds. The number of carbonyl (C=O) groups excluding carboxylic acids is 2. The van der Waals surface area contributed by atoms with E-state index < -0.39 is 0 Å². The molecule has 30 heavy (non-hydrogen) atoms. The maximum atomic E-state index is 10.3. The molecule has 0 aliphatic carbocycles. The number of anilines is 2. The Morgan fingerprint density at radius 2 is 1.83 bits per heavy atom. The second kappa shape index (κ2) is 14.7. The molecule has 2 N–H and O–H groups in total. The van der Waals surface area contributed by atoms with Gasteiger partial charge in [0.05, 0.1) is 0 Å². The molecule has 0 saturated heterocycles. The van der Waals surface area contributed by atoms with Gasteiger partial charge in [0, 0.05) is 36.5 Å². The molecule has 0 bridgehead atoms. The zero-order valence-corrected chi connectivity index (χ0v) is 20.9. The Kier molecular flexibility index (Phi) is 13.6. The Morgan fingerprint density at radius 3 is 2.37 bits per heavy atom. The van der Waals surface area contributed by atoms with Gasteiger partial charge in [-0.1, -0.05) is 23.5 Å². The summed E-state index contributed by atoms with van der Waals surface area (Å²) in [5, 5.41) is 14.9. The molecule has 1 aliphatic rings. The summed E-state index contributed by atoms with van der Waals surface area (Å²) in [6.07, 6.45) is 3.30. The van der Waals surface area contributed by atoms with E-state index >= 15 is 0 Å². The predicted molar refractivity (Wildman–Crippen MR) is 122 cm³/mol. The van der Waals surface area contributed by atoms with Crippen molar-refractivity contribution < 1.29 is 29.4 Å². The third-order valence-corrected chi connectivity index (χ3v) is 4.79. The first kappa shape index (κ1) is 27.8. The number of nitrogens with one attached hydrogen (secondary N) is 2. The van der Waals surface area contributed by atoms with Crippen molar-refractivity contribution in [2.45, 2.75) is 32.7 Å². The number of amides is 1. The molecule has 0 aromatic heterocycles. The van der Waals surface area contributed by atoms with Crippen molar-refractivity contribution in [2.75, 3.05) is 24.3 Å². The molecule has 1 aliphatic heterocycles. The van der Waals surface area contributed by atoms with E-state index in [0.29, 0.717) is 18.0 Å². The first-order chi connectivity index (χ1) is 13.9. The molecule has 1 atom stereocenters. The van der Waals surface area contributed by atoms with Crippen LogP contribution in [-0.4, -0.2) is 38.7 Å². The third kappa shape index (κ3) is 8.65. The van der Waals surface area contributed by atoms with Crippen molar-refractivity contribution in [3.8, 4) is 0 Å². The van der Waals surface area contributed by atoms with Gasteiger partial charge in [-0.15, -0.1) is 0 Å². The molecule has 8 heteroatoms. The molecule has 0 spiro atoms. The third-order valence-electron chi connectivity index (χ3n) is 4.54. The maximum absolute atomic E-state index is 10.3. The molecule has 3 rings (SSSR count). The van der Waals surface area contributed by atoms with Crippen LogP contribution in [0.4, 0.5) is 11.4 Å². The van der Waals surface area contributed by atoms with E-state index in [0.717, 1.165) is 29.8 Å². The molecule has 2 aromatic rings.